The summed E-state index contributed by atoms with van der Waals surface area (Å²) in [6, 6.07) is 8.69. The molecule has 0 spiro atoms. The third kappa shape index (κ3) is 4.83. The van der Waals surface area contributed by atoms with Crippen LogP contribution in [0.15, 0.2) is 29.4 Å². The molecule has 1 atom stereocenters. The van der Waals surface area contributed by atoms with Gasteiger partial charge in [0.15, 0.2) is 0 Å². The number of rotatable bonds is 5. The molecule has 1 aliphatic rings. The first-order valence-corrected chi connectivity index (χ1v) is 7.71. The van der Waals surface area contributed by atoms with E-state index in [-0.39, 0.29) is 0 Å². The van der Waals surface area contributed by atoms with E-state index in [0.29, 0.717) is 12.6 Å². The van der Waals surface area contributed by atoms with Crippen molar-refractivity contribution in [2.24, 2.45) is 5.16 Å². The lowest BCUT2D eigenvalue weighted by atomic mass is 10.1. The van der Waals surface area contributed by atoms with E-state index < -0.39 is 0 Å². The van der Waals surface area contributed by atoms with Crippen molar-refractivity contribution in [3.8, 4) is 0 Å². The van der Waals surface area contributed by atoms with Crippen LogP contribution in [0.2, 0.25) is 0 Å². The third-order valence-corrected chi connectivity index (χ3v) is 4.21. The van der Waals surface area contributed by atoms with E-state index in [9.17, 15) is 0 Å². The van der Waals surface area contributed by atoms with Gasteiger partial charge in [0.05, 0.1) is 5.71 Å². The van der Waals surface area contributed by atoms with E-state index in [4.69, 9.17) is 4.84 Å². The topological polar surface area (TPSA) is 28.1 Å². The summed E-state index contributed by atoms with van der Waals surface area (Å²) in [5.41, 5.74) is 3.47. The van der Waals surface area contributed by atoms with Crippen molar-refractivity contribution in [1.82, 2.24) is 9.80 Å². The number of piperazine rings is 1. The van der Waals surface area contributed by atoms with Gasteiger partial charge in [-0.3, -0.25) is 4.90 Å². The van der Waals surface area contributed by atoms with E-state index in [1.165, 1.54) is 11.1 Å². The van der Waals surface area contributed by atoms with Gasteiger partial charge in [0, 0.05) is 32.2 Å². The second-order valence-electron chi connectivity index (χ2n) is 6.01. The molecule has 21 heavy (non-hydrogen) atoms. The molecular weight excluding hydrogens is 262 g/mol. The van der Waals surface area contributed by atoms with Gasteiger partial charge in [-0.25, -0.2) is 0 Å². The van der Waals surface area contributed by atoms with Gasteiger partial charge in [-0.2, -0.15) is 0 Å². The number of hydrogen-bond acceptors (Lipinski definition) is 4. The summed E-state index contributed by atoms with van der Waals surface area (Å²) < 4.78 is 0. The maximum absolute atomic E-state index is 5.52. The molecule has 0 amide bonds. The Hall–Kier alpha value is -1.39. The number of oxime groups is 1. The summed E-state index contributed by atoms with van der Waals surface area (Å²) in [5.74, 6) is 0. The normalized spacial score (nSPS) is 19.5. The van der Waals surface area contributed by atoms with Crippen LogP contribution in [-0.2, 0) is 11.4 Å². The molecule has 1 heterocycles. The molecule has 0 aliphatic carbocycles. The highest BCUT2D eigenvalue weighted by molar-refractivity contribution is 5.86. The van der Waals surface area contributed by atoms with Gasteiger partial charge in [0.2, 0.25) is 0 Å². The highest BCUT2D eigenvalue weighted by Crippen LogP contribution is 2.09. The molecule has 0 radical (unpaired) electrons. The summed E-state index contributed by atoms with van der Waals surface area (Å²) in [6.45, 7) is 11.3. The number of benzene rings is 1. The number of likely N-dealkylation sites (N-methyl/N-ethyl adjacent to an activating group) is 1. The minimum Gasteiger partial charge on any atom is -0.391 e. The van der Waals surface area contributed by atoms with Gasteiger partial charge >= 0.3 is 0 Å². The van der Waals surface area contributed by atoms with Gasteiger partial charge in [-0.05, 0) is 33.4 Å². The molecule has 4 heteroatoms. The van der Waals surface area contributed by atoms with Crippen molar-refractivity contribution in [3.05, 3.63) is 35.4 Å². The van der Waals surface area contributed by atoms with Gasteiger partial charge in [-0.15, -0.1) is 0 Å². The molecule has 2 rings (SSSR count). The summed E-state index contributed by atoms with van der Waals surface area (Å²) >= 11 is 0. The minimum absolute atomic E-state index is 0.344. The largest absolute Gasteiger partial charge is 0.391 e. The van der Waals surface area contributed by atoms with E-state index in [2.05, 4.69) is 67.0 Å². The van der Waals surface area contributed by atoms with Crippen LogP contribution in [0.25, 0.3) is 0 Å². The monoisotopic (exact) mass is 289 g/mol. The van der Waals surface area contributed by atoms with Crippen LogP contribution in [0.1, 0.15) is 25.0 Å². The van der Waals surface area contributed by atoms with Gasteiger partial charge in [0.1, 0.15) is 6.61 Å². The fraction of sp³-hybridized carbons (Fsp3) is 0.588. The minimum atomic E-state index is 0.344. The highest BCUT2D eigenvalue weighted by Gasteiger charge is 2.21. The molecule has 1 aromatic rings. The van der Waals surface area contributed by atoms with E-state index in [0.717, 1.165) is 31.9 Å². The quantitative estimate of drug-likeness (QED) is 0.616. The molecule has 0 bridgehead atoms. The average Bonchev–Trinajstić information content (AvgIpc) is 2.47. The van der Waals surface area contributed by atoms with E-state index in [1.807, 2.05) is 0 Å². The van der Waals surface area contributed by atoms with Gasteiger partial charge < -0.3 is 9.74 Å². The molecular formula is C17H27N3O. The second kappa shape index (κ2) is 7.57. The molecule has 1 unspecified atom stereocenters. The van der Waals surface area contributed by atoms with Crippen LogP contribution in [0.4, 0.5) is 0 Å². The molecule has 1 saturated heterocycles. The van der Waals surface area contributed by atoms with Crippen LogP contribution in [0, 0.1) is 6.92 Å². The maximum Gasteiger partial charge on any atom is 0.142 e. The fourth-order valence-corrected chi connectivity index (χ4v) is 2.56. The van der Waals surface area contributed by atoms with E-state index >= 15 is 0 Å². The van der Waals surface area contributed by atoms with Crippen LogP contribution in [-0.4, -0.2) is 54.8 Å². The second-order valence-corrected chi connectivity index (χ2v) is 6.01. The Bertz CT molecular complexity index is 479. The van der Waals surface area contributed by atoms with Crippen molar-refractivity contribution < 1.29 is 4.84 Å². The van der Waals surface area contributed by atoms with Gasteiger partial charge in [0.25, 0.3) is 0 Å². The molecule has 1 aromatic carbocycles. The number of aryl methyl sites for hydroxylation is 1. The SMILES string of the molecule is C/C(=N\OCc1cccc(C)c1)C(C)N1CCN(C)CC1. The standard InChI is InChI=1S/C17H27N3O/c1-14-6-5-7-17(12-14)13-21-18-15(2)16(3)20-10-8-19(4)9-11-20/h5-7,12,16H,8-11,13H2,1-4H3/b18-15+. The molecule has 0 saturated carbocycles. The Labute approximate surface area is 128 Å². The summed E-state index contributed by atoms with van der Waals surface area (Å²) in [7, 11) is 2.17. The van der Waals surface area contributed by atoms with Crippen molar-refractivity contribution in [1.29, 1.82) is 0 Å². The van der Waals surface area contributed by atoms with Crippen molar-refractivity contribution in [2.75, 3.05) is 33.2 Å². The fourth-order valence-electron chi connectivity index (χ4n) is 2.56. The van der Waals surface area contributed by atoms with Crippen molar-refractivity contribution in [3.63, 3.8) is 0 Å². The zero-order valence-corrected chi connectivity index (χ0v) is 13.7. The van der Waals surface area contributed by atoms with Crippen molar-refractivity contribution in [2.45, 2.75) is 33.4 Å². The van der Waals surface area contributed by atoms with E-state index in [1.54, 1.807) is 0 Å². The summed E-state index contributed by atoms with van der Waals surface area (Å²) in [4.78, 5) is 10.4. The molecule has 0 N–H and O–H groups in total. The predicted octanol–water partition coefficient (Wildman–Crippen LogP) is 2.52. The first-order valence-electron chi connectivity index (χ1n) is 7.71. The lowest BCUT2D eigenvalue weighted by molar-refractivity contribution is 0.118. The predicted molar refractivity (Wildman–Crippen MR) is 87.6 cm³/mol. The van der Waals surface area contributed by atoms with Crippen LogP contribution < -0.4 is 0 Å². The van der Waals surface area contributed by atoms with Crippen LogP contribution in [0.5, 0.6) is 0 Å². The lowest BCUT2D eigenvalue weighted by Crippen LogP contribution is -2.50. The zero-order chi connectivity index (χ0) is 15.2. The smallest absolute Gasteiger partial charge is 0.142 e. The molecule has 116 valence electrons. The van der Waals surface area contributed by atoms with Crippen LogP contribution in [0.3, 0.4) is 0 Å². The van der Waals surface area contributed by atoms with Crippen molar-refractivity contribution >= 4 is 5.71 Å². The van der Waals surface area contributed by atoms with Crippen LogP contribution >= 0.6 is 0 Å². The average molecular weight is 289 g/mol. The molecule has 1 fully saturated rings. The first kappa shape index (κ1) is 16.0. The summed E-state index contributed by atoms with van der Waals surface area (Å²) in [6.07, 6.45) is 0. The highest BCUT2D eigenvalue weighted by atomic mass is 16.6. The third-order valence-electron chi connectivity index (χ3n) is 4.21. The maximum atomic E-state index is 5.52. The Morgan fingerprint density at radius 1 is 1.29 bits per heavy atom. The van der Waals surface area contributed by atoms with Gasteiger partial charge in [-0.1, -0.05) is 35.0 Å². The molecule has 1 aliphatic heterocycles. The Morgan fingerprint density at radius 2 is 2.00 bits per heavy atom. The molecule has 0 aromatic heterocycles. The number of hydrogen-bond donors (Lipinski definition) is 0. The Kier molecular flexibility index (Phi) is 5.76. The number of nitrogens with zero attached hydrogens (tertiary/aromatic N) is 3. The Morgan fingerprint density at radius 3 is 2.67 bits per heavy atom. The zero-order valence-electron chi connectivity index (χ0n) is 13.7. The summed E-state index contributed by atoms with van der Waals surface area (Å²) in [5, 5.41) is 4.30. The lowest BCUT2D eigenvalue weighted by Gasteiger charge is -2.36. The first-order chi connectivity index (χ1) is 10.1. The Balaban J connectivity index is 1.83. The molecule has 4 nitrogen and oxygen atoms in total.